The van der Waals surface area contributed by atoms with Crippen LogP contribution in [0, 0.1) is 12.8 Å². The molecule has 0 saturated carbocycles. The van der Waals surface area contributed by atoms with E-state index in [1.165, 1.54) is 22.5 Å². The second-order valence-electron chi connectivity index (χ2n) is 7.17. The Morgan fingerprint density at radius 2 is 2.00 bits per heavy atom. The lowest BCUT2D eigenvalue weighted by atomic mass is 10.0. The van der Waals surface area contributed by atoms with Crippen LogP contribution in [0.1, 0.15) is 35.7 Å². The van der Waals surface area contributed by atoms with E-state index in [0.29, 0.717) is 24.7 Å². The molecule has 1 atom stereocenters. The van der Waals surface area contributed by atoms with Gasteiger partial charge >= 0.3 is 0 Å². The summed E-state index contributed by atoms with van der Waals surface area (Å²) in [7, 11) is -3.75. The molecule has 0 spiro atoms. The van der Waals surface area contributed by atoms with Crippen LogP contribution in [0.5, 0.6) is 0 Å². The summed E-state index contributed by atoms with van der Waals surface area (Å²) in [6.45, 7) is 4.89. The molecule has 0 aliphatic carbocycles. The van der Waals surface area contributed by atoms with Crippen LogP contribution in [0.3, 0.4) is 0 Å². The van der Waals surface area contributed by atoms with Gasteiger partial charge in [-0.25, -0.2) is 8.42 Å². The van der Waals surface area contributed by atoms with Gasteiger partial charge in [-0.05, 0) is 67.6 Å². The van der Waals surface area contributed by atoms with E-state index >= 15 is 0 Å². The van der Waals surface area contributed by atoms with E-state index in [1.807, 2.05) is 26.0 Å². The first-order valence-corrected chi connectivity index (χ1v) is 11.7. The summed E-state index contributed by atoms with van der Waals surface area (Å²) >= 11 is 9.62. The maximum Gasteiger partial charge on any atom is 0.255 e. The van der Waals surface area contributed by atoms with Gasteiger partial charge in [-0.15, -0.1) is 0 Å². The normalized spacial score (nSPS) is 18.1. The number of piperidine rings is 1. The highest BCUT2D eigenvalue weighted by Gasteiger charge is 2.30. The highest BCUT2D eigenvalue weighted by atomic mass is 79.9. The highest BCUT2D eigenvalue weighted by molar-refractivity contribution is 9.10. The Bertz CT molecular complexity index is 1010. The molecule has 5 nitrogen and oxygen atoms in total. The van der Waals surface area contributed by atoms with Crippen molar-refractivity contribution in [1.82, 2.24) is 4.31 Å². The molecule has 1 amide bonds. The molecule has 1 fully saturated rings. The number of rotatable bonds is 4. The Morgan fingerprint density at radius 3 is 2.68 bits per heavy atom. The van der Waals surface area contributed by atoms with Crippen LogP contribution in [0.2, 0.25) is 5.02 Å². The molecule has 1 N–H and O–H groups in total. The van der Waals surface area contributed by atoms with Gasteiger partial charge in [0, 0.05) is 28.8 Å². The van der Waals surface area contributed by atoms with Crippen LogP contribution in [0.4, 0.5) is 5.69 Å². The van der Waals surface area contributed by atoms with Crippen LogP contribution in [-0.2, 0) is 10.0 Å². The number of sulfonamides is 1. The minimum absolute atomic E-state index is 0.0251. The second-order valence-corrected chi connectivity index (χ2v) is 10.3. The zero-order valence-electron chi connectivity index (χ0n) is 15.7. The van der Waals surface area contributed by atoms with Gasteiger partial charge in [0.1, 0.15) is 4.90 Å². The fourth-order valence-electron chi connectivity index (χ4n) is 3.27. The quantitative estimate of drug-likeness (QED) is 0.656. The van der Waals surface area contributed by atoms with Gasteiger partial charge in [0.2, 0.25) is 10.0 Å². The zero-order chi connectivity index (χ0) is 20.5. The van der Waals surface area contributed by atoms with Gasteiger partial charge in [-0.3, -0.25) is 4.79 Å². The van der Waals surface area contributed by atoms with Crippen molar-refractivity contribution in [3.8, 4) is 0 Å². The van der Waals surface area contributed by atoms with Gasteiger partial charge < -0.3 is 5.32 Å². The maximum absolute atomic E-state index is 13.1. The van der Waals surface area contributed by atoms with Crippen molar-refractivity contribution < 1.29 is 13.2 Å². The van der Waals surface area contributed by atoms with E-state index in [4.69, 9.17) is 11.6 Å². The van der Waals surface area contributed by atoms with Crippen LogP contribution in [0.25, 0.3) is 0 Å². The largest absolute Gasteiger partial charge is 0.322 e. The topological polar surface area (TPSA) is 66.5 Å². The van der Waals surface area contributed by atoms with Crippen molar-refractivity contribution in [2.45, 2.75) is 31.6 Å². The van der Waals surface area contributed by atoms with Crippen molar-refractivity contribution in [3.05, 3.63) is 57.0 Å². The Morgan fingerprint density at radius 1 is 1.25 bits per heavy atom. The molecular formula is C20H22BrClN2O3S. The Balaban J connectivity index is 1.88. The Hall–Kier alpha value is -1.41. The SMILES string of the molecule is Cc1cc(NC(=O)c2ccc(Cl)c(S(=O)(=O)N3CCC[C@@H](C)C3)c2)ccc1Br. The third-order valence-corrected chi connectivity index (χ3v) is 8.08. The summed E-state index contributed by atoms with van der Waals surface area (Å²) in [5, 5.41) is 2.92. The van der Waals surface area contributed by atoms with E-state index in [9.17, 15) is 13.2 Å². The molecule has 150 valence electrons. The summed E-state index contributed by atoms with van der Waals surface area (Å²) in [6, 6.07) is 9.81. The molecule has 0 unspecified atom stereocenters. The van der Waals surface area contributed by atoms with E-state index in [0.717, 1.165) is 22.9 Å². The Kier molecular flexibility index (Phi) is 6.49. The lowest BCUT2D eigenvalue weighted by Gasteiger charge is -2.30. The number of halogens is 2. The smallest absolute Gasteiger partial charge is 0.255 e. The highest BCUT2D eigenvalue weighted by Crippen LogP contribution is 2.29. The molecule has 1 aliphatic rings. The average Bonchev–Trinajstić information content (AvgIpc) is 2.65. The van der Waals surface area contributed by atoms with Crippen LogP contribution in [-0.4, -0.2) is 31.7 Å². The summed E-state index contributed by atoms with van der Waals surface area (Å²) in [5.74, 6) is -0.0868. The lowest BCUT2D eigenvalue weighted by Crippen LogP contribution is -2.39. The molecule has 0 radical (unpaired) electrons. The predicted molar refractivity (Wildman–Crippen MR) is 115 cm³/mol. The molecule has 1 heterocycles. The minimum Gasteiger partial charge on any atom is -0.322 e. The fraction of sp³-hybridized carbons (Fsp3) is 0.350. The van der Waals surface area contributed by atoms with Crippen molar-refractivity contribution in [2.75, 3.05) is 18.4 Å². The predicted octanol–water partition coefficient (Wildman–Crippen LogP) is 5.08. The van der Waals surface area contributed by atoms with Gasteiger partial charge in [0.15, 0.2) is 0 Å². The number of hydrogen-bond acceptors (Lipinski definition) is 3. The van der Waals surface area contributed by atoms with Gasteiger partial charge in [-0.1, -0.05) is 34.5 Å². The summed E-state index contributed by atoms with van der Waals surface area (Å²) in [6.07, 6.45) is 1.83. The van der Waals surface area contributed by atoms with Crippen LogP contribution >= 0.6 is 27.5 Å². The number of hydrogen-bond donors (Lipinski definition) is 1. The number of nitrogens with one attached hydrogen (secondary N) is 1. The molecule has 2 aromatic rings. The molecule has 28 heavy (non-hydrogen) atoms. The Labute approximate surface area is 179 Å². The zero-order valence-corrected chi connectivity index (χ0v) is 18.9. The van der Waals surface area contributed by atoms with Crippen molar-refractivity contribution in [1.29, 1.82) is 0 Å². The minimum atomic E-state index is -3.75. The molecule has 8 heteroatoms. The van der Waals surface area contributed by atoms with Gasteiger partial charge in [0.05, 0.1) is 5.02 Å². The third-order valence-electron chi connectivity index (χ3n) is 4.85. The number of anilines is 1. The van der Waals surface area contributed by atoms with Crippen molar-refractivity contribution in [2.24, 2.45) is 5.92 Å². The number of benzene rings is 2. The number of carbonyl (C=O) groups is 1. The molecule has 1 saturated heterocycles. The molecule has 1 aliphatic heterocycles. The van der Waals surface area contributed by atoms with Crippen molar-refractivity contribution >= 4 is 49.1 Å². The molecular weight excluding hydrogens is 464 g/mol. The van der Waals surface area contributed by atoms with Crippen LogP contribution < -0.4 is 5.32 Å². The second kappa shape index (κ2) is 8.53. The van der Waals surface area contributed by atoms with Gasteiger partial charge in [0.25, 0.3) is 5.91 Å². The van der Waals surface area contributed by atoms with E-state index in [-0.39, 0.29) is 21.4 Å². The first-order valence-electron chi connectivity index (χ1n) is 9.05. The first kappa shape index (κ1) is 21.3. The van der Waals surface area contributed by atoms with E-state index in [2.05, 4.69) is 21.2 Å². The molecule has 2 aromatic carbocycles. The lowest BCUT2D eigenvalue weighted by molar-refractivity contribution is 0.102. The fourth-order valence-corrected chi connectivity index (χ4v) is 5.62. The van der Waals surface area contributed by atoms with Crippen LogP contribution in [0.15, 0.2) is 45.8 Å². The molecule has 0 aromatic heterocycles. The number of carbonyl (C=O) groups excluding carboxylic acids is 1. The third kappa shape index (κ3) is 4.59. The standard InChI is InChI=1S/C20H22BrClN2O3S/c1-13-4-3-9-24(12-13)28(26,27)19-11-15(5-8-18(19)22)20(25)23-16-6-7-17(21)14(2)10-16/h5-8,10-11,13H,3-4,9,12H2,1-2H3,(H,23,25)/t13-/m1/s1. The molecule has 0 bridgehead atoms. The number of aryl methyl sites for hydroxylation is 1. The summed E-state index contributed by atoms with van der Waals surface area (Å²) in [5.41, 5.74) is 1.86. The summed E-state index contributed by atoms with van der Waals surface area (Å²) < 4.78 is 28.6. The monoisotopic (exact) mass is 484 g/mol. The van der Waals surface area contributed by atoms with Gasteiger partial charge in [-0.2, -0.15) is 4.31 Å². The number of amides is 1. The average molecular weight is 486 g/mol. The first-order chi connectivity index (χ1) is 13.2. The maximum atomic E-state index is 13.1. The van der Waals surface area contributed by atoms with E-state index in [1.54, 1.807) is 6.07 Å². The van der Waals surface area contributed by atoms with Crippen molar-refractivity contribution in [3.63, 3.8) is 0 Å². The molecule has 3 rings (SSSR count). The number of nitrogens with zero attached hydrogens (tertiary/aromatic N) is 1. The van der Waals surface area contributed by atoms with E-state index < -0.39 is 10.0 Å². The summed E-state index contributed by atoms with van der Waals surface area (Å²) in [4.78, 5) is 12.6.